The van der Waals surface area contributed by atoms with Crippen molar-refractivity contribution in [2.24, 2.45) is 0 Å². The number of hydrogen-bond acceptors (Lipinski definition) is 3. The fourth-order valence-corrected chi connectivity index (χ4v) is 3.88. The highest BCUT2D eigenvalue weighted by Gasteiger charge is 2.34. The first-order valence-corrected chi connectivity index (χ1v) is 7.64. The van der Waals surface area contributed by atoms with Crippen molar-refractivity contribution in [3.8, 4) is 0 Å². The van der Waals surface area contributed by atoms with Crippen molar-refractivity contribution >= 4 is 27.3 Å². The highest BCUT2D eigenvalue weighted by atomic mass is 79.9. The number of hydrogen-bond donors (Lipinski definition) is 1. The first kappa shape index (κ1) is 13.8. The highest BCUT2D eigenvalue weighted by molar-refractivity contribution is 9.10. The molecule has 0 radical (unpaired) electrons. The maximum atomic E-state index is 10.9. The van der Waals surface area contributed by atoms with Gasteiger partial charge in [-0.2, -0.15) is 5.10 Å². The maximum Gasteiger partial charge on any atom is 0.139 e. The van der Waals surface area contributed by atoms with Gasteiger partial charge in [-0.15, -0.1) is 11.3 Å². The van der Waals surface area contributed by atoms with E-state index in [0.717, 1.165) is 33.6 Å². The van der Waals surface area contributed by atoms with E-state index in [1.807, 2.05) is 30.0 Å². The number of rotatable bonds is 4. The van der Waals surface area contributed by atoms with Crippen LogP contribution in [0.4, 0.5) is 0 Å². The molecule has 2 aromatic heterocycles. The lowest BCUT2D eigenvalue weighted by Gasteiger charge is -2.25. The minimum Gasteiger partial charge on any atom is -0.378 e. The predicted molar refractivity (Wildman–Crippen MR) is 77.9 cm³/mol. The van der Waals surface area contributed by atoms with Crippen LogP contribution in [0.15, 0.2) is 22.1 Å². The summed E-state index contributed by atoms with van der Waals surface area (Å²) < 4.78 is 2.73. The molecular formula is C13H17BrN2OS. The molecule has 1 N–H and O–H groups in total. The molecule has 3 nitrogen and oxygen atoms in total. The average Bonchev–Trinajstić information content (AvgIpc) is 2.86. The van der Waals surface area contributed by atoms with E-state index in [4.69, 9.17) is 0 Å². The van der Waals surface area contributed by atoms with Crippen LogP contribution in [0.1, 0.15) is 36.4 Å². The smallest absolute Gasteiger partial charge is 0.139 e. The summed E-state index contributed by atoms with van der Waals surface area (Å²) in [5, 5.41) is 17.3. The van der Waals surface area contributed by atoms with Crippen LogP contribution in [-0.4, -0.2) is 14.9 Å². The van der Waals surface area contributed by atoms with Crippen molar-refractivity contribution in [1.29, 1.82) is 0 Å². The van der Waals surface area contributed by atoms with Gasteiger partial charge in [0.1, 0.15) is 5.60 Å². The van der Waals surface area contributed by atoms with E-state index in [2.05, 4.69) is 28.0 Å². The highest BCUT2D eigenvalue weighted by Crippen LogP contribution is 2.38. The van der Waals surface area contributed by atoms with Crippen LogP contribution in [0.3, 0.4) is 0 Å². The van der Waals surface area contributed by atoms with Crippen molar-refractivity contribution in [3.63, 3.8) is 0 Å². The van der Waals surface area contributed by atoms with E-state index in [1.54, 1.807) is 17.5 Å². The molecule has 5 heteroatoms. The number of aromatic nitrogens is 2. The molecule has 0 saturated carbocycles. The molecule has 0 aromatic carbocycles. The Kier molecular flexibility index (Phi) is 3.94. The summed E-state index contributed by atoms with van der Waals surface area (Å²) in [7, 11) is 0. The lowest BCUT2D eigenvalue weighted by molar-refractivity contribution is 0.0939. The standard InChI is InChI=1S/C13H17BrN2OS/c1-4-6-16-11(10(14)8-15-16)13(3,17)12-9(2)5-7-18-12/h5,7-8,17H,4,6H2,1-3H3. The molecule has 0 saturated heterocycles. The summed E-state index contributed by atoms with van der Waals surface area (Å²) >= 11 is 5.07. The summed E-state index contributed by atoms with van der Waals surface area (Å²) in [4.78, 5) is 0.973. The van der Waals surface area contributed by atoms with Crippen LogP contribution in [0.25, 0.3) is 0 Å². The van der Waals surface area contributed by atoms with Crippen LogP contribution in [0, 0.1) is 6.92 Å². The van der Waals surface area contributed by atoms with E-state index in [-0.39, 0.29) is 0 Å². The molecular weight excluding hydrogens is 312 g/mol. The van der Waals surface area contributed by atoms with Gasteiger partial charge in [0.25, 0.3) is 0 Å². The van der Waals surface area contributed by atoms with Gasteiger partial charge in [-0.05, 0) is 53.2 Å². The molecule has 0 aliphatic rings. The molecule has 18 heavy (non-hydrogen) atoms. The number of halogens is 1. The van der Waals surface area contributed by atoms with Gasteiger partial charge in [0.15, 0.2) is 0 Å². The average molecular weight is 329 g/mol. The first-order chi connectivity index (χ1) is 8.48. The SMILES string of the molecule is CCCn1ncc(Br)c1C(C)(O)c1sccc1C. The second kappa shape index (κ2) is 5.15. The summed E-state index contributed by atoms with van der Waals surface area (Å²) in [6.45, 7) is 6.76. The van der Waals surface area contributed by atoms with Gasteiger partial charge < -0.3 is 5.11 Å². The van der Waals surface area contributed by atoms with Gasteiger partial charge in [-0.3, -0.25) is 4.68 Å². The number of aliphatic hydroxyl groups is 1. The molecule has 0 spiro atoms. The second-order valence-corrected chi connectivity index (χ2v) is 6.34. The van der Waals surface area contributed by atoms with Crippen molar-refractivity contribution in [2.75, 3.05) is 0 Å². The third kappa shape index (κ3) is 2.27. The lowest BCUT2D eigenvalue weighted by atomic mass is 9.97. The molecule has 1 atom stereocenters. The normalized spacial score (nSPS) is 14.7. The Morgan fingerprint density at radius 1 is 1.56 bits per heavy atom. The van der Waals surface area contributed by atoms with E-state index in [1.165, 1.54) is 0 Å². The van der Waals surface area contributed by atoms with E-state index in [0.29, 0.717) is 0 Å². The molecule has 0 amide bonds. The zero-order valence-electron chi connectivity index (χ0n) is 10.8. The predicted octanol–water partition coefficient (Wildman–Crippen LogP) is 3.68. The van der Waals surface area contributed by atoms with E-state index in [9.17, 15) is 5.11 Å². The Labute approximate surface area is 120 Å². The molecule has 2 aromatic rings. The summed E-state index contributed by atoms with van der Waals surface area (Å²) in [5.41, 5.74) is 0.930. The lowest BCUT2D eigenvalue weighted by Crippen LogP contribution is -2.27. The van der Waals surface area contributed by atoms with Crippen LogP contribution in [-0.2, 0) is 12.1 Å². The first-order valence-electron chi connectivity index (χ1n) is 5.97. The molecule has 0 aliphatic heterocycles. The molecule has 0 fully saturated rings. The second-order valence-electron chi connectivity index (χ2n) is 4.57. The van der Waals surface area contributed by atoms with Crippen molar-refractivity contribution in [1.82, 2.24) is 9.78 Å². The summed E-state index contributed by atoms with van der Waals surface area (Å²) in [6.07, 6.45) is 2.74. The third-order valence-electron chi connectivity index (χ3n) is 3.00. The Morgan fingerprint density at radius 2 is 2.28 bits per heavy atom. The molecule has 1 unspecified atom stereocenters. The minimum absolute atomic E-state index is 0.807. The van der Waals surface area contributed by atoms with Gasteiger partial charge in [-0.1, -0.05) is 6.92 Å². The van der Waals surface area contributed by atoms with Crippen LogP contribution in [0.5, 0.6) is 0 Å². The fourth-order valence-electron chi connectivity index (χ4n) is 2.21. The monoisotopic (exact) mass is 328 g/mol. The van der Waals surface area contributed by atoms with Crippen LogP contribution < -0.4 is 0 Å². The molecule has 0 aliphatic carbocycles. The topological polar surface area (TPSA) is 38.0 Å². The largest absolute Gasteiger partial charge is 0.378 e. The van der Waals surface area contributed by atoms with Crippen LogP contribution in [0.2, 0.25) is 0 Å². The number of thiophene rings is 1. The summed E-state index contributed by atoms with van der Waals surface area (Å²) in [5.74, 6) is 0. The van der Waals surface area contributed by atoms with Gasteiger partial charge in [-0.25, -0.2) is 0 Å². The van der Waals surface area contributed by atoms with Crippen molar-refractivity contribution in [2.45, 2.75) is 39.3 Å². The quantitative estimate of drug-likeness (QED) is 0.929. The fraction of sp³-hybridized carbons (Fsp3) is 0.462. The Morgan fingerprint density at radius 3 is 2.83 bits per heavy atom. The zero-order valence-corrected chi connectivity index (χ0v) is 13.2. The number of nitrogens with zero attached hydrogens (tertiary/aromatic N) is 2. The molecule has 2 heterocycles. The van der Waals surface area contributed by atoms with Gasteiger partial charge in [0.2, 0.25) is 0 Å². The van der Waals surface area contributed by atoms with Crippen molar-refractivity contribution < 1.29 is 5.11 Å². The summed E-state index contributed by atoms with van der Waals surface area (Å²) in [6, 6.07) is 2.03. The van der Waals surface area contributed by atoms with E-state index >= 15 is 0 Å². The Bertz CT molecular complexity index is 545. The van der Waals surface area contributed by atoms with Gasteiger partial charge in [0.05, 0.1) is 16.4 Å². The Hall–Kier alpha value is -0.650. The van der Waals surface area contributed by atoms with Crippen molar-refractivity contribution in [3.05, 3.63) is 38.3 Å². The zero-order chi connectivity index (χ0) is 13.3. The molecule has 2 rings (SSSR count). The molecule has 98 valence electrons. The molecule has 0 bridgehead atoms. The number of aryl methyl sites for hydroxylation is 2. The van der Waals surface area contributed by atoms with Gasteiger partial charge >= 0.3 is 0 Å². The maximum absolute atomic E-state index is 10.9. The minimum atomic E-state index is -1.01. The van der Waals surface area contributed by atoms with Crippen LogP contribution >= 0.6 is 27.3 Å². The van der Waals surface area contributed by atoms with E-state index < -0.39 is 5.60 Å². The third-order valence-corrected chi connectivity index (χ3v) is 4.80. The Balaban J connectivity index is 2.53. The van der Waals surface area contributed by atoms with Gasteiger partial charge in [0, 0.05) is 11.4 Å².